The third kappa shape index (κ3) is 3.78. The highest BCUT2D eigenvalue weighted by Crippen LogP contribution is 2.14. The fourth-order valence-corrected chi connectivity index (χ4v) is 2.38. The number of nitrogens with zero attached hydrogens (tertiary/aromatic N) is 3. The van der Waals surface area contributed by atoms with E-state index in [1.807, 2.05) is 18.7 Å². The van der Waals surface area contributed by atoms with E-state index in [4.69, 9.17) is 0 Å². The van der Waals surface area contributed by atoms with Crippen LogP contribution in [-0.4, -0.2) is 51.4 Å². The summed E-state index contributed by atoms with van der Waals surface area (Å²) >= 11 is 0. The zero-order valence-corrected chi connectivity index (χ0v) is 11.5. The van der Waals surface area contributed by atoms with Gasteiger partial charge in [-0.25, -0.2) is 4.68 Å². The summed E-state index contributed by atoms with van der Waals surface area (Å²) in [5, 5.41) is 16.6. The van der Waals surface area contributed by atoms with Gasteiger partial charge in [0.05, 0.1) is 18.8 Å². The maximum absolute atomic E-state index is 12.0. The molecule has 0 aromatic carbocycles. The topological polar surface area (TPSA) is 70.4 Å². The molecule has 0 radical (unpaired) electrons. The Morgan fingerprint density at radius 2 is 2.42 bits per heavy atom. The summed E-state index contributed by atoms with van der Waals surface area (Å²) in [7, 11) is 0. The SMILES string of the molecule is CC(C)n1nccc1NC(=O)CN1CCCC(O)C1. The van der Waals surface area contributed by atoms with Gasteiger partial charge in [-0.1, -0.05) is 0 Å². The molecule has 106 valence electrons. The molecule has 0 aliphatic carbocycles. The van der Waals surface area contributed by atoms with E-state index < -0.39 is 0 Å². The molecule has 1 fully saturated rings. The molecule has 0 spiro atoms. The third-order valence-electron chi connectivity index (χ3n) is 3.27. The number of likely N-dealkylation sites (tertiary alicyclic amines) is 1. The van der Waals surface area contributed by atoms with E-state index in [-0.39, 0.29) is 18.1 Å². The number of aliphatic hydroxyl groups excluding tert-OH is 1. The van der Waals surface area contributed by atoms with Crippen molar-refractivity contribution >= 4 is 11.7 Å². The summed E-state index contributed by atoms with van der Waals surface area (Å²) in [5.74, 6) is 0.661. The lowest BCUT2D eigenvalue weighted by molar-refractivity contribution is -0.118. The molecule has 2 N–H and O–H groups in total. The number of rotatable bonds is 4. The van der Waals surface area contributed by atoms with Crippen molar-refractivity contribution < 1.29 is 9.90 Å². The highest BCUT2D eigenvalue weighted by atomic mass is 16.3. The predicted octanol–water partition coefficient (Wildman–Crippen LogP) is 0.859. The summed E-state index contributed by atoms with van der Waals surface area (Å²) in [6, 6.07) is 2.00. The molecule has 1 saturated heterocycles. The Morgan fingerprint density at radius 3 is 3.11 bits per heavy atom. The smallest absolute Gasteiger partial charge is 0.239 e. The second-order valence-corrected chi connectivity index (χ2v) is 5.33. The van der Waals surface area contributed by atoms with E-state index in [0.717, 1.165) is 25.2 Å². The van der Waals surface area contributed by atoms with E-state index in [2.05, 4.69) is 10.4 Å². The quantitative estimate of drug-likeness (QED) is 0.848. The number of amides is 1. The van der Waals surface area contributed by atoms with Crippen LogP contribution >= 0.6 is 0 Å². The van der Waals surface area contributed by atoms with Crippen molar-refractivity contribution in [2.24, 2.45) is 0 Å². The Balaban J connectivity index is 1.88. The maximum atomic E-state index is 12.0. The van der Waals surface area contributed by atoms with Gasteiger partial charge in [0.15, 0.2) is 0 Å². The molecule has 1 unspecified atom stereocenters. The lowest BCUT2D eigenvalue weighted by Crippen LogP contribution is -2.42. The molecule has 19 heavy (non-hydrogen) atoms. The summed E-state index contributed by atoms with van der Waals surface area (Å²) in [5.41, 5.74) is 0. The van der Waals surface area contributed by atoms with Gasteiger partial charge in [0.2, 0.25) is 5.91 Å². The molecule has 2 heterocycles. The Bertz CT molecular complexity index is 430. The van der Waals surface area contributed by atoms with E-state index in [9.17, 15) is 9.90 Å². The lowest BCUT2D eigenvalue weighted by Gasteiger charge is -2.29. The summed E-state index contributed by atoms with van der Waals surface area (Å²) in [6.45, 7) is 5.80. The first-order chi connectivity index (χ1) is 9.06. The van der Waals surface area contributed by atoms with Gasteiger partial charge in [0, 0.05) is 18.7 Å². The highest BCUT2D eigenvalue weighted by molar-refractivity contribution is 5.91. The van der Waals surface area contributed by atoms with Gasteiger partial charge in [-0.3, -0.25) is 9.69 Å². The molecule has 1 aromatic rings. The van der Waals surface area contributed by atoms with Crippen LogP contribution in [0.1, 0.15) is 32.7 Å². The van der Waals surface area contributed by atoms with Crippen molar-refractivity contribution in [3.63, 3.8) is 0 Å². The van der Waals surface area contributed by atoms with Crippen molar-refractivity contribution in [1.29, 1.82) is 0 Å². The number of nitrogens with one attached hydrogen (secondary N) is 1. The monoisotopic (exact) mass is 266 g/mol. The van der Waals surface area contributed by atoms with E-state index >= 15 is 0 Å². The van der Waals surface area contributed by atoms with Crippen LogP contribution in [0.15, 0.2) is 12.3 Å². The van der Waals surface area contributed by atoms with Crippen LogP contribution < -0.4 is 5.32 Å². The number of aliphatic hydroxyl groups is 1. The number of anilines is 1. The Kier molecular flexibility index (Phi) is 4.55. The average Bonchev–Trinajstić information content (AvgIpc) is 2.76. The van der Waals surface area contributed by atoms with E-state index in [1.165, 1.54) is 0 Å². The summed E-state index contributed by atoms with van der Waals surface area (Å²) < 4.78 is 1.78. The molecule has 0 bridgehead atoms. The Labute approximate surface area is 113 Å². The molecule has 6 heteroatoms. The first kappa shape index (κ1) is 14.0. The molecule has 1 atom stereocenters. The van der Waals surface area contributed by atoms with Crippen molar-refractivity contribution in [1.82, 2.24) is 14.7 Å². The molecular formula is C13H22N4O2. The van der Waals surface area contributed by atoms with Crippen LogP contribution in [-0.2, 0) is 4.79 Å². The van der Waals surface area contributed by atoms with Gasteiger partial charge in [-0.15, -0.1) is 0 Å². The number of hydrogen-bond donors (Lipinski definition) is 2. The van der Waals surface area contributed by atoms with Crippen LogP contribution in [0, 0.1) is 0 Å². The van der Waals surface area contributed by atoms with Gasteiger partial charge in [0.1, 0.15) is 5.82 Å². The van der Waals surface area contributed by atoms with Crippen LogP contribution in [0.5, 0.6) is 0 Å². The van der Waals surface area contributed by atoms with Gasteiger partial charge < -0.3 is 10.4 Å². The van der Waals surface area contributed by atoms with E-state index in [0.29, 0.717) is 13.1 Å². The molecule has 1 aliphatic heterocycles. The van der Waals surface area contributed by atoms with Crippen molar-refractivity contribution in [3.8, 4) is 0 Å². The largest absolute Gasteiger partial charge is 0.392 e. The van der Waals surface area contributed by atoms with Gasteiger partial charge in [0.25, 0.3) is 0 Å². The lowest BCUT2D eigenvalue weighted by atomic mass is 10.1. The van der Waals surface area contributed by atoms with Crippen LogP contribution in [0.2, 0.25) is 0 Å². The minimum absolute atomic E-state index is 0.0588. The molecule has 1 aliphatic rings. The standard InChI is InChI=1S/C13H22N4O2/c1-10(2)17-12(5-6-14-17)15-13(19)9-16-7-3-4-11(18)8-16/h5-6,10-11,18H,3-4,7-9H2,1-2H3,(H,15,19). The van der Waals surface area contributed by atoms with Crippen LogP contribution in [0.25, 0.3) is 0 Å². The minimum atomic E-state index is -0.303. The molecule has 6 nitrogen and oxygen atoms in total. The summed E-state index contributed by atoms with van der Waals surface area (Å²) in [4.78, 5) is 14.0. The summed E-state index contributed by atoms with van der Waals surface area (Å²) in [6.07, 6.45) is 3.15. The van der Waals surface area contributed by atoms with Gasteiger partial charge in [-0.05, 0) is 33.2 Å². The van der Waals surface area contributed by atoms with Crippen molar-refractivity contribution in [2.45, 2.75) is 38.8 Å². The zero-order valence-electron chi connectivity index (χ0n) is 11.5. The zero-order chi connectivity index (χ0) is 13.8. The van der Waals surface area contributed by atoms with Crippen LogP contribution in [0.3, 0.4) is 0 Å². The fraction of sp³-hybridized carbons (Fsp3) is 0.692. The number of carbonyl (C=O) groups is 1. The first-order valence-corrected chi connectivity index (χ1v) is 6.80. The maximum Gasteiger partial charge on any atom is 0.239 e. The third-order valence-corrected chi connectivity index (χ3v) is 3.27. The molecule has 1 aromatic heterocycles. The fourth-order valence-electron chi connectivity index (χ4n) is 2.38. The minimum Gasteiger partial charge on any atom is -0.392 e. The van der Waals surface area contributed by atoms with Gasteiger partial charge in [-0.2, -0.15) is 5.10 Å². The Morgan fingerprint density at radius 1 is 1.63 bits per heavy atom. The van der Waals surface area contributed by atoms with Crippen LogP contribution in [0.4, 0.5) is 5.82 Å². The Hall–Kier alpha value is -1.40. The number of piperidine rings is 1. The molecule has 2 rings (SSSR count). The molecule has 0 saturated carbocycles. The van der Waals surface area contributed by atoms with Crippen molar-refractivity contribution in [3.05, 3.63) is 12.3 Å². The number of aromatic nitrogens is 2. The molecular weight excluding hydrogens is 244 g/mol. The second-order valence-electron chi connectivity index (χ2n) is 5.33. The number of hydrogen-bond acceptors (Lipinski definition) is 4. The number of carbonyl (C=O) groups excluding carboxylic acids is 1. The first-order valence-electron chi connectivity index (χ1n) is 6.80. The predicted molar refractivity (Wildman–Crippen MR) is 72.9 cm³/mol. The normalized spacial score (nSPS) is 20.7. The van der Waals surface area contributed by atoms with Crippen molar-refractivity contribution in [2.75, 3.05) is 25.0 Å². The molecule has 1 amide bonds. The highest BCUT2D eigenvalue weighted by Gasteiger charge is 2.20. The number of β-amino-alcohol motifs (C(OH)–C–C–N with tert-alkyl or cyclic N) is 1. The average molecular weight is 266 g/mol. The van der Waals surface area contributed by atoms with E-state index in [1.54, 1.807) is 16.9 Å². The van der Waals surface area contributed by atoms with Gasteiger partial charge >= 0.3 is 0 Å². The second kappa shape index (κ2) is 6.16.